The molecule has 1 aliphatic rings. The number of nitrogens with zero attached hydrogens (tertiary/aromatic N) is 1. The minimum Gasteiger partial charge on any atom is -0.480 e. The molecule has 1 heterocycles. The third-order valence-electron chi connectivity index (χ3n) is 4.27. The second kappa shape index (κ2) is 7.26. The van der Waals surface area contributed by atoms with Crippen LogP contribution in [0.1, 0.15) is 31.7 Å². The first-order chi connectivity index (χ1) is 10.9. The first kappa shape index (κ1) is 17.0. The summed E-state index contributed by atoms with van der Waals surface area (Å²) in [7, 11) is 0. The number of aliphatic carboxylic acids is 1. The highest BCUT2D eigenvalue weighted by molar-refractivity contribution is 5.87. The van der Waals surface area contributed by atoms with Gasteiger partial charge in [-0.15, -0.1) is 0 Å². The molecule has 1 aliphatic heterocycles. The van der Waals surface area contributed by atoms with Crippen molar-refractivity contribution in [3.63, 3.8) is 0 Å². The van der Waals surface area contributed by atoms with Gasteiger partial charge in [-0.1, -0.05) is 30.3 Å². The summed E-state index contributed by atoms with van der Waals surface area (Å²) < 4.78 is 0. The number of nitrogens with one attached hydrogen (secondary N) is 1. The molecule has 1 atom stereocenters. The van der Waals surface area contributed by atoms with Crippen LogP contribution in [0.4, 0.5) is 0 Å². The lowest BCUT2D eigenvalue weighted by Gasteiger charge is -2.31. The first-order valence-electron chi connectivity index (χ1n) is 7.78. The molecule has 1 aromatic carbocycles. The van der Waals surface area contributed by atoms with Crippen molar-refractivity contribution < 1.29 is 19.5 Å². The van der Waals surface area contributed by atoms with Crippen molar-refractivity contribution in [2.75, 3.05) is 13.1 Å². The molecule has 6 heteroatoms. The summed E-state index contributed by atoms with van der Waals surface area (Å²) in [5, 5.41) is 12.0. The second-order valence-electron chi connectivity index (χ2n) is 5.99. The predicted molar refractivity (Wildman–Crippen MR) is 84.8 cm³/mol. The van der Waals surface area contributed by atoms with E-state index in [1.54, 1.807) is 6.92 Å². The van der Waals surface area contributed by atoms with Crippen molar-refractivity contribution in [3.8, 4) is 0 Å². The molecule has 0 aromatic heterocycles. The van der Waals surface area contributed by atoms with E-state index in [1.165, 1.54) is 4.90 Å². The van der Waals surface area contributed by atoms with E-state index in [-0.39, 0.29) is 31.2 Å². The summed E-state index contributed by atoms with van der Waals surface area (Å²) in [6, 6.07) is 9.36. The molecule has 124 valence electrons. The van der Waals surface area contributed by atoms with Crippen LogP contribution in [-0.4, -0.2) is 46.4 Å². The molecular weight excluding hydrogens is 296 g/mol. The Bertz CT molecular complexity index is 588. The maximum absolute atomic E-state index is 12.2. The SMILES string of the molecule is CC1(C(=O)O)CCCN1C(=O)CCNC(=O)Cc1ccccc1. The van der Waals surface area contributed by atoms with E-state index in [0.717, 1.165) is 5.56 Å². The minimum absolute atomic E-state index is 0.114. The lowest BCUT2D eigenvalue weighted by Crippen LogP contribution is -2.51. The maximum atomic E-state index is 12.2. The molecule has 1 saturated heterocycles. The van der Waals surface area contributed by atoms with Gasteiger partial charge >= 0.3 is 5.97 Å². The van der Waals surface area contributed by atoms with Gasteiger partial charge in [-0.05, 0) is 25.3 Å². The van der Waals surface area contributed by atoms with Gasteiger partial charge in [-0.2, -0.15) is 0 Å². The minimum atomic E-state index is -1.12. The number of carboxylic acids is 1. The molecular formula is C17H22N2O4. The zero-order valence-electron chi connectivity index (χ0n) is 13.2. The Hall–Kier alpha value is -2.37. The Kier molecular flexibility index (Phi) is 5.36. The molecule has 0 radical (unpaired) electrons. The Morgan fingerprint density at radius 1 is 1.26 bits per heavy atom. The Morgan fingerprint density at radius 3 is 2.61 bits per heavy atom. The average molecular weight is 318 g/mol. The molecule has 0 bridgehead atoms. The number of benzene rings is 1. The third-order valence-corrected chi connectivity index (χ3v) is 4.27. The highest BCUT2D eigenvalue weighted by Crippen LogP contribution is 2.29. The lowest BCUT2D eigenvalue weighted by atomic mass is 9.99. The van der Waals surface area contributed by atoms with Crippen LogP contribution >= 0.6 is 0 Å². The van der Waals surface area contributed by atoms with Gasteiger partial charge in [0.15, 0.2) is 0 Å². The summed E-state index contributed by atoms with van der Waals surface area (Å²) in [5.41, 5.74) is -0.209. The lowest BCUT2D eigenvalue weighted by molar-refractivity contribution is -0.155. The Labute approximate surface area is 135 Å². The molecule has 1 aromatic rings. The van der Waals surface area contributed by atoms with E-state index in [1.807, 2.05) is 30.3 Å². The van der Waals surface area contributed by atoms with Gasteiger partial charge in [0, 0.05) is 19.5 Å². The molecule has 0 aliphatic carbocycles. The fraction of sp³-hybridized carbons (Fsp3) is 0.471. The molecule has 6 nitrogen and oxygen atoms in total. The van der Waals surface area contributed by atoms with E-state index in [9.17, 15) is 19.5 Å². The quantitative estimate of drug-likeness (QED) is 0.825. The van der Waals surface area contributed by atoms with Crippen molar-refractivity contribution >= 4 is 17.8 Å². The highest BCUT2D eigenvalue weighted by atomic mass is 16.4. The van der Waals surface area contributed by atoms with Crippen LogP contribution in [0.5, 0.6) is 0 Å². The molecule has 23 heavy (non-hydrogen) atoms. The van der Waals surface area contributed by atoms with Crippen molar-refractivity contribution in [3.05, 3.63) is 35.9 Å². The average Bonchev–Trinajstić information content (AvgIpc) is 2.91. The number of carboxylic acid groups (broad SMARTS) is 1. The highest BCUT2D eigenvalue weighted by Gasteiger charge is 2.45. The largest absolute Gasteiger partial charge is 0.480 e. The van der Waals surface area contributed by atoms with Gasteiger partial charge in [0.25, 0.3) is 0 Å². The van der Waals surface area contributed by atoms with Crippen LogP contribution in [-0.2, 0) is 20.8 Å². The molecule has 0 spiro atoms. The summed E-state index contributed by atoms with van der Waals surface area (Å²) in [5.74, 6) is -1.35. The molecule has 1 unspecified atom stereocenters. The van der Waals surface area contributed by atoms with E-state index < -0.39 is 11.5 Å². The number of carbonyl (C=O) groups excluding carboxylic acids is 2. The van der Waals surface area contributed by atoms with Crippen molar-refractivity contribution in [1.29, 1.82) is 0 Å². The van der Waals surface area contributed by atoms with Gasteiger partial charge in [0.2, 0.25) is 11.8 Å². The normalized spacial score (nSPS) is 20.3. The summed E-state index contributed by atoms with van der Waals surface area (Å²) in [4.78, 5) is 36.8. The fourth-order valence-electron chi connectivity index (χ4n) is 2.87. The number of carbonyl (C=O) groups is 3. The van der Waals surface area contributed by atoms with Crippen molar-refractivity contribution in [2.24, 2.45) is 0 Å². The zero-order valence-corrected chi connectivity index (χ0v) is 13.2. The number of rotatable bonds is 6. The zero-order chi connectivity index (χ0) is 16.9. The van der Waals surface area contributed by atoms with Gasteiger partial charge in [0.05, 0.1) is 6.42 Å². The van der Waals surface area contributed by atoms with Gasteiger partial charge < -0.3 is 15.3 Å². The van der Waals surface area contributed by atoms with Crippen molar-refractivity contribution in [1.82, 2.24) is 10.2 Å². The molecule has 2 rings (SSSR count). The summed E-state index contributed by atoms with van der Waals surface area (Å²) >= 11 is 0. The fourth-order valence-corrected chi connectivity index (χ4v) is 2.87. The topological polar surface area (TPSA) is 86.7 Å². The standard InChI is InChI=1S/C17H22N2O4/c1-17(16(22)23)9-5-11-19(17)15(21)8-10-18-14(20)12-13-6-3-2-4-7-13/h2-4,6-7H,5,8-12H2,1H3,(H,18,20)(H,22,23). The van der Waals surface area contributed by atoms with Crippen LogP contribution in [0.2, 0.25) is 0 Å². The number of hydrogen-bond donors (Lipinski definition) is 2. The molecule has 1 fully saturated rings. The second-order valence-corrected chi connectivity index (χ2v) is 5.99. The number of likely N-dealkylation sites (tertiary alicyclic amines) is 1. The van der Waals surface area contributed by atoms with Crippen LogP contribution in [0, 0.1) is 0 Å². The van der Waals surface area contributed by atoms with Gasteiger partial charge in [0.1, 0.15) is 5.54 Å². The Morgan fingerprint density at radius 2 is 1.96 bits per heavy atom. The van der Waals surface area contributed by atoms with E-state index >= 15 is 0 Å². The van der Waals surface area contributed by atoms with Crippen LogP contribution < -0.4 is 5.32 Å². The van der Waals surface area contributed by atoms with Crippen molar-refractivity contribution in [2.45, 2.75) is 38.1 Å². The van der Waals surface area contributed by atoms with Crippen LogP contribution in [0.15, 0.2) is 30.3 Å². The van der Waals surface area contributed by atoms with Crippen LogP contribution in [0.3, 0.4) is 0 Å². The summed E-state index contributed by atoms with van der Waals surface area (Å²) in [6.45, 7) is 2.25. The van der Waals surface area contributed by atoms with E-state index in [2.05, 4.69) is 5.32 Å². The first-order valence-corrected chi connectivity index (χ1v) is 7.78. The summed E-state index contributed by atoms with van der Waals surface area (Å²) in [6.07, 6.45) is 1.54. The number of amides is 2. The Balaban J connectivity index is 1.78. The maximum Gasteiger partial charge on any atom is 0.329 e. The van der Waals surface area contributed by atoms with Gasteiger partial charge in [-0.3, -0.25) is 9.59 Å². The molecule has 0 saturated carbocycles. The third kappa shape index (κ3) is 4.09. The smallest absolute Gasteiger partial charge is 0.329 e. The predicted octanol–water partition coefficient (Wildman–Crippen LogP) is 1.20. The number of hydrogen-bond acceptors (Lipinski definition) is 3. The van der Waals surface area contributed by atoms with E-state index in [4.69, 9.17) is 0 Å². The van der Waals surface area contributed by atoms with E-state index in [0.29, 0.717) is 19.4 Å². The molecule has 2 N–H and O–H groups in total. The van der Waals surface area contributed by atoms with Gasteiger partial charge in [-0.25, -0.2) is 4.79 Å². The molecule has 2 amide bonds. The monoisotopic (exact) mass is 318 g/mol. The van der Waals surface area contributed by atoms with Crippen LogP contribution in [0.25, 0.3) is 0 Å².